The van der Waals surface area contributed by atoms with Crippen molar-refractivity contribution in [3.8, 4) is 5.69 Å². The molecular formula is C32H30Cl2FN5O4. The van der Waals surface area contributed by atoms with Gasteiger partial charge in [-0.05, 0) is 87.4 Å². The highest BCUT2D eigenvalue weighted by Gasteiger charge is 2.35. The van der Waals surface area contributed by atoms with Crippen molar-refractivity contribution in [1.29, 1.82) is 0 Å². The van der Waals surface area contributed by atoms with Crippen LogP contribution in [0.2, 0.25) is 10.0 Å². The van der Waals surface area contributed by atoms with Crippen molar-refractivity contribution >= 4 is 46.9 Å². The molecule has 5 rings (SSSR count). The largest absolute Gasteiger partial charge is 0.528 e. The van der Waals surface area contributed by atoms with E-state index < -0.39 is 23.7 Å². The SMILES string of the molecule is C[C@@H](NC(=O)c1nn(-c2ccc(Cl)cc2Cl)c2c1CN(OC(=O)OC(C)(C)C)C/C2=C\c1ccc(F)cc1)c1ccccn1. The number of rotatable bonds is 6. The molecule has 1 N–H and O–H groups in total. The third kappa shape index (κ3) is 7.27. The summed E-state index contributed by atoms with van der Waals surface area (Å²) in [5.74, 6) is -0.853. The molecule has 0 aliphatic carbocycles. The molecule has 0 radical (unpaired) electrons. The normalized spacial score (nSPS) is 15.0. The number of aromatic nitrogens is 3. The van der Waals surface area contributed by atoms with Gasteiger partial charge in [0.25, 0.3) is 5.91 Å². The lowest BCUT2D eigenvalue weighted by atomic mass is 9.98. The maximum absolute atomic E-state index is 13.8. The molecule has 2 aromatic heterocycles. The summed E-state index contributed by atoms with van der Waals surface area (Å²) in [6.07, 6.45) is 2.56. The van der Waals surface area contributed by atoms with Gasteiger partial charge in [0.15, 0.2) is 5.69 Å². The Morgan fingerprint density at radius 3 is 2.48 bits per heavy atom. The molecule has 1 aliphatic heterocycles. The zero-order valence-corrected chi connectivity index (χ0v) is 26.0. The lowest BCUT2D eigenvalue weighted by Crippen LogP contribution is -2.36. The van der Waals surface area contributed by atoms with Crippen LogP contribution >= 0.6 is 23.2 Å². The van der Waals surface area contributed by atoms with E-state index in [1.165, 1.54) is 17.2 Å². The average molecular weight is 639 g/mol. The van der Waals surface area contributed by atoms with Crippen LogP contribution in [-0.2, 0) is 16.1 Å². The Labute approximate surface area is 264 Å². The van der Waals surface area contributed by atoms with Crippen molar-refractivity contribution in [3.05, 3.63) is 111 Å². The number of pyridine rings is 1. The van der Waals surface area contributed by atoms with Gasteiger partial charge >= 0.3 is 6.16 Å². The standard InChI is InChI=1S/C32H30Cl2FN5O4/c1-19(26-7-5-6-14-36-26)37-30(41)28-24-18-39(44-31(42)43-32(2,3)4)17-21(15-20-8-11-23(35)12-9-20)29(24)40(38-28)27-13-10-22(33)16-25(27)34/h5-16,19H,17-18H2,1-4H3,(H,37,41)/b21-15+/t19-/m1/s1. The van der Waals surface area contributed by atoms with Crippen molar-refractivity contribution in [1.82, 2.24) is 25.1 Å². The van der Waals surface area contributed by atoms with Crippen molar-refractivity contribution in [3.63, 3.8) is 0 Å². The van der Waals surface area contributed by atoms with Crippen LogP contribution in [0, 0.1) is 5.82 Å². The van der Waals surface area contributed by atoms with Crippen LogP contribution in [0.1, 0.15) is 66.7 Å². The quantitative estimate of drug-likeness (QED) is 0.220. The number of benzene rings is 2. The molecule has 0 unspecified atom stereocenters. The Morgan fingerprint density at radius 1 is 1.07 bits per heavy atom. The number of hydrogen-bond acceptors (Lipinski definition) is 7. The van der Waals surface area contributed by atoms with E-state index in [1.807, 2.05) is 25.1 Å². The van der Waals surface area contributed by atoms with E-state index in [2.05, 4.69) is 10.3 Å². The predicted octanol–water partition coefficient (Wildman–Crippen LogP) is 7.43. The monoisotopic (exact) mass is 637 g/mol. The number of carbonyl (C=O) groups excluding carboxylic acids is 2. The van der Waals surface area contributed by atoms with Crippen LogP contribution < -0.4 is 5.32 Å². The summed E-state index contributed by atoms with van der Waals surface area (Å²) < 4.78 is 20.7. The third-order valence-corrected chi connectivity index (χ3v) is 7.14. The molecular weight excluding hydrogens is 608 g/mol. The number of ether oxygens (including phenoxy) is 1. The molecule has 2 aromatic carbocycles. The summed E-state index contributed by atoms with van der Waals surface area (Å²) in [5.41, 5.74) is 2.80. The maximum atomic E-state index is 13.8. The highest BCUT2D eigenvalue weighted by atomic mass is 35.5. The zero-order chi connectivity index (χ0) is 31.6. The Bertz CT molecular complexity index is 1720. The Kier molecular flexibility index (Phi) is 9.05. The fourth-order valence-electron chi connectivity index (χ4n) is 4.72. The molecule has 1 atom stereocenters. The first-order valence-corrected chi connectivity index (χ1v) is 14.5. The van der Waals surface area contributed by atoms with E-state index in [9.17, 15) is 14.0 Å². The second kappa shape index (κ2) is 12.8. The molecule has 0 saturated heterocycles. The smallest absolute Gasteiger partial charge is 0.427 e. The van der Waals surface area contributed by atoms with Gasteiger partial charge in [0.05, 0.1) is 41.2 Å². The Balaban J connectivity index is 1.64. The molecule has 1 aliphatic rings. The third-order valence-electron chi connectivity index (χ3n) is 6.60. The second-order valence-corrected chi connectivity index (χ2v) is 12.1. The first-order chi connectivity index (χ1) is 20.9. The number of carbonyl (C=O) groups is 2. The first kappa shape index (κ1) is 31.2. The van der Waals surface area contributed by atoms with Crippen LogP contribution in [0.3, 0.4) is 0 Å². The van der Waals surface area contributed by atoms with E-state index >= 15 is 0 Å². The van der Waals surface area contributed by atoms with Gasteiger partial charge in [0.1, 0.15) is 11.4 Å². The summed E-state index contributed by atoms with van der Waals surface area (Å²) in [5, 5.41) is 9.83. The molecule has 0 bridgehead atoms. The molecule has 3 heterocycles. The summed E-state index contributed by atoms with van der Waals surface area (Å²) in [4.78, 5) is 36.4. The fraction of sp³-hybridized carbons (Fsp3) is 0.250. The van der Waals surface area contributed by atoms with Gasteiger partial charge in [-0.3, -0.25) is 9.78 Å². The van der Waals surface area contributed by atoms with E-state index in [1.54, 1.807) is 68.0 Å². The van der Waals surface area contributed by atoms with Crippen molar-refractivity contribution in [2.45, 2.75) is 45.9 Å². The topological polar surface area (TPSA) is 98.6 Å². The molecule has 228 valence electrons. The molecule has 0 spiro atoms. The number of fused-ring (bicyclic) bond motifs is 1. The zero-order valence-electron chi connectivity index (χ0n) is 24.5. The maximum Gasteiger partial charge on any atom is 0.528 e. The number of nitrogens with zero attached hydrogens (tertiary/aromatic N) is 4. The number of nitrogens with one attached hydrogen (secondary N) is 1. The minimum atomic E-state index is -0.898. The van der Waals surface area contributed by atoms with Gasteiger partial charge < -0.3 is 14.9 Å². The summed E-state index contributed by atoms with van der Waals surface area (Å²) >= 11 is 12.8. The lowest BCUT2D eigenvalue weighted by Gasteiger charge is -2.29. The second-order valence-electron chi connectivity index (χ2n) is 11.2. The van der Waals surface area contributed by atoms with Crippen LogP contribution in [0.4, 0.5) is 9.18 Å². The number of amides is 1. The minimum Gasteiger partial charge on any atom is -0.427 e. The summed E-state index contributed by atoms with van der Waals surface area (Å²) in [7, 11) is 0. The van der Waals surface area contributed by atoms with Crippen LogP contribution in [0.25, 0.3) is 17.3 Å². The van der Waals surface area contributed by atoms with E-state index in [4.69, 9.17) is 37.9 Å². The Hall–Kier alpha value is -4.25. The number of hydrogen-bond donors (Lipinski definition) is 1. The fourth-order valence-corrected chi connectivity index (χ4v) is 5.21. The summed E-state index contributed by atoms with van der Waals surface area (Å²) in [6.45, 7) is 7.12. The minimum absolute atomic E-state index is 0.0151. The van der Waals surface area contributed by atoms with E-state index in [0.29, 0.717) is 43.8 Å². The van der Waals surface area contributed by atoms with Crippen molar-refractivity contribution in [2.75, 3.05) is 6.54 Å². The molecule has 4 aromatic rings. The summed E-state index contributed by atoms with van der Waals surface area (Å²) in [6, 6.07) is 15.9. The lowest BCUT2D eigenvalue weighted by molar-refractivity contribution is -0.142. The van der Waals surface area contributed by atoms with Crippen LogP contribution in [0.15, 0.2) is 66.9 Å². The highest BCUT2D eigenvalue weighted by molar-refractivity contribution is 6.35. The number of hydroxylamine groups is 2. The van der Waals surface area contributed by atoms with Gasteiger partial charge in [-0.2, -0.15) is 5.10 Å². The van der Waals surface area contributed by atoms with Crippen molar-refractivity contribution < 1.29 is 23.6 Å². The van der Waals surface area contributed by atoms with E-state index in [0.717, 1.165) is 0 Å². The van der Waals surface area contributed by atoms with Crippen LogP contribution in [0.5, 0.6) is 0 Å². The van der Waals surface area contributed by atoms with Gasteiger partial charge in [-0.15, -0.1) is 5.06 Å². The highest BCUT2D eigenvalue weighted by Crippen LogP contribution is 2.36. The van der Waals surface area contributed by atoms with Crippen molar-refractivity contribution in [2.24, 2.45) is 0 Å². The van der Waals surface area contributed by atoms with Crippen LogP contribution in [-0.4, -0.2) is 44.0 Å². The molecule has 9 nitrogen and oxygen atoms in total. The predicted molar refractivity (Wildman–Crippen MR) is 166 cm³/mol. The molecule has 44 heavy (non-hydrogen) atoms. The van der Waals surface area contributed by atoms with Gasteiger partial charge in [0.2, 0.25) is 0 Å². The van der Waals surface area contributed by atoms with Gasteiger partial charge in [0, 0.05) is 16.8 Å². The molecule has 1 amide bonds. The van der Waals surface area contributed by atoms with E-state index in [-0.39, 0.29) is 24.6 Å². The van der Waals surface area contributed by atoms with Gasteiger partial charge in [-0.1, -0.05) is 41.4 Å². The first-order valence-electron chi connectivity index (χ1n) is 13.8. The molecule has 12 heteroatoms. The Morgan fingerprint density at radius 2 is 1.82 bits per heavy atom. The number of halogens is 3. The average Bonchev–Trinajstić information content (AvgIpc) is 3.33. The van der Waals surface area contributed by atoms with Gasteiger partial charge in [-0.25, -0.2) is 13.9 Å². The molecule has 0 saturated carbocycles. The molecule has 0 fully saturated rings.